The molecular formula is C23H36ClFN3O8PS2. The lowest BCUT2D eigenvalue weighted by molar-refractivity contribution is -0.118. The first-order valence-electron chi connectivity index (χ1n) is 12.1. The van der Waals surface area contributed by atoms with E-state index in [1.165, 1.54) is 6.20 Å². The number of nitrogens with two attached hydrogens (primary N) is 1. The molecular weight excluding hydrogens is 596 g/mol. The van der Waals surface area contributed by atoms with Crippen molar-refractivity contribution in [2.45, 2.75) is 66.5 Å². The summed E-state index contributed by atoms with van der Waals surface area (Å²) in [5.41, 5.74) is 3.64. The van der Waals surface area contributed by atoms with E-state index in [2.05, 4.69) is 4.98 Å². The summed E-state index contributed by atoms with van der Waals surface area (Å²) in [6.45, 7) is 9.88. The van der Waals surface area contributed by atoms with Crippen LogP contribution in [0.25, 0.3) is 0 Å². The molecule has 0 aromatic carbocycles. The Morgan fingerprint density at radius 1 is 1.13 bits per heavy atom. The summed E-state index contributed by atoms with van der Waals surface area (Å²) in [7, 11) is -4.23. The summed E-state index contributed by atoms with van der Waals surface area (Å²) in [5, 5.41) is -0.138. The standard InChI is InChI=1S/C23H36ClFN3O8PS2/c1-22(2,3)19(29)38-9-7-33-37(32,34-8-10-39-20(30)23(4,5)6)35-13-16-15(25)11-17(36-16)28-12-14(24)18(26)27-21(28)31/h12,15-17H,7-11,13H2,1-6H3,(H2,26,27,31)/t15-,16+,17+/m1/s1. The van der Waals surface area contributed by atoms with Gasteiger partial charge in [0.15, 0.2) is 10.2 Å². The van der Waals surface area contributed by atoms with E-state index in [0.29, 0.717) is 0 Å². The van der Waals surface area contributed by atoms with Crippen LogP contribution in [0, 0.1) is 10.8 Å². The minimum atomic E-state index is -4.23. The molecule has 0 radical (unpaired) electrons. The van der Waals surface area contributed by atoms with Crippen molar-refractivity contribution in [3.05, 3.63) is 21.7 Å². The molecule has 2 heterocycles. The number of hydrogen-bond acceptors (Lipinski definition) is 12. The number of hydrogen-bond donors (Lipinski definition) is 1. The van der Waals surface area contributed by atoms with Gasteiger partial charge in [-0.05, 0) is 0 Å². The van der Waals surface area contributed by atoms with Crippen molar-refractivity contribution in [3.63, 3.8) is 0 Å². The normalized spacial score (nSPS) is 20.4. The lowest BCUT2D eigenvalue weighted by Crippen LogP contribution is -2.28. The third kappa shape index (κ3) is 10.7. The Kier molecular flexibility index (Phi) is 12.5. The minimum absolute atomic E-state index is 0.00485. The number of carbonyl (C=O) groups excluding carboxylic acids is 2. The van der Waals surface area contributed by atoms with Crippen molar-refractivity contribution in [1.29, 1.82) is 0 Å². The number of anilines is 1. The second-order valence-corrected chi connectivity index (χ2v) is 14.9. The van der Waals surface area contributed by atoms with E-state index in [1.807, 2.05) is 0 Å². The Bertz CT molecular complexity index is 1090. The summed E-state index contributed by atoms with van der Waals surface area (Å²) in [6, 6.07) is 0. The number of thioether (sulfide) groups is 2. The third-order valence-corrected chi connectivity index (χ3v) is 9.40. The lowest BCUT2D eigenvalue weighted by Gasteiger charge is -2.21. The number of alkyl halides is 1. The Hall–Kier alpha value is -0.990. The topological polar surface area (TPSA) is 149 Å². The Balaban J connectivity index is 2.01. The van der Waals surface area contributed by atoms with Gasteiger partial charge >= 0.3 is 13.5 Å². The highest BCUT2D eigenvalue weighted by Gasteiger charge is 2.40. The first-order chi connectivity index (χ1) is 17.9. The van der Waals surface area contributed by atoms with Crippen LogP contribution >= 0.6 is 42.9 Å². The summed E-state index contributed by atoms with van der Waals surface area (Å²) in [5.74, 6) is 0.213. The molecule has 1 aliphatic rings. The van der Waals surface area contributed by atoms with Crippen molar-refractivity contribution in [2.75, 3.05) is 37.1 Å². The van der Waals surface area contributed by atoms with Crippen LogP contribution in [0.5, 0.6) is 0 Å². The van der Waals surface area contributed by atoms with Gasteiger partial charge in [0.05, 0.1) is 24.8 Å². The molecule has 0 aliphatic carbocycles. The van der Waals surface area contributed by atoms with Gasteiger partial charge in [-0.25, -0.2) is 13.8 Å². The van der Waals surface area contributed by atoms with Crippen molar-refractivity contribution < 1.29 is 36.9 Å². The van der Waals surface area contributed by atoms with Gasteiger partial charge in [0, 0.05) is 35.0 Å². The fraction of sp³-hybridized carbons (Fsp3) is 0.739. The van der Waals surface area contributed by atoms with E-state index < -0.39 is 49.5 Å². The van der Waals surface area contributed by atoms with Crippen LogP contribution in [0.4, 0.5) is 10.2 Å². The highest BCUT2D eigenvalue weighted by Crippen LogP contribution is 2.50. The van der Waals surface area contributed by atoms with Crippen molar-refractivity contribution >= 4 is 59.0 Å². The Morgan fingerprint density at radius 3 is 2.13 bits per heavy atom. The largest absolute Gasteiger partial charge is 0.474 e. The van der Waals surface area contributed by atoms with Crippen LogP contribution in [0.15, 0.2) is 11.0 Å². The highest BCUT2D eigenvalue weighted by atomic mass is 35.5. The molecule has 1 fully saturated rings. The predicted octanol–water partition coefficient (Wildman–Crippen LogP) is 4.87. The summed E-state index contributed by atoms with van der Waals surface area (Å²) in [6.07, 6.45) is -2.82. The summed E-state index contributed by atoms with van der Waals surface area (Å²) >= 11 is 7.96. The molecule has 16 heteroatoms. The fourth-order valence-electron chi connectivity index (χ4n) is 2.95. The zero-order chi connectivity index (χ0) is 29.6. The summed E-state index contributed by atoms with van der Waals surface area (Å²) in [4.78, 5) is 40.0. The van der Waals surface area contributed by atoms with Crippen LogP contribution in [-0.4, -0.2) is 63.4 Å². The Labute approximate surface area is 241 Å². The van der Waals surface area contributed by atoms with Gasteiger partial charge in [0.1, 0.15) is 24.3 Å². The van der Waals surface area contributed by atoms with Gasteiger partial charge < -0.3 is 10.5 Å². The fourth-order valence-corrected chi connectivity index (χ4v) is 6.10. The van der Waals surface area contributed by atoms with E-state index in [0.717, 1.165) is 28.1 Å². The molecule has 2 N–H and O–H groups in total. The molecule has 1 aromatic rings. The molecule has 222 valence electrons. The number of phosphoric acid groups is 1. The maximum Gasteiger partial charge on any atom is 0.474 e. The van der Waals surface area contributed by atoms with Crippen molar-refractivity contribution in [3.8, 4) is 0 Å². The second-order valence-electron chi connectivity index (χ2n) is 10.7. The van der Waals surface area contributed by atoms with Gasteiger partial charge in [-0.3, -0.25) is 27.7 Å². The predicted molar refractivity (Wildman–Crippen MR) is 151 cm³/mol. The van der Waals surface area contributed by atoms with Crippen LogP contribution in [0.3, 0.4) is 0 Å². The number of ether oxygens (including phenoxy) is 1. The molecule has 0 unspecified atom stereocenters. The number of halogens is 2. The van der Waals surface area contributed by atoms with Gasteiger partial charge in [0.25, 0.3) is 0 Å². The van der Waals surface area contributed by atoms with E-state index in [4.69, 9.17) is 35.6 Å². The maximum absolute atomic E-state index is 14.8. The molecule has 0 spiro atoms. The lowest BCUT2D eigenvalue weighted by atomic mass is 9.99. The van der Waals surface area contributed by atoms with Crippen molar-refractivity contribution in [2.24, 2.45) is 10.8 Å². The molecule has 1 saturated heterocycles. The number of rotatable bonds is 12. The molecule has 3 atom stereocenters. The minimum Gasteiger partial charge on any atom is -0.382 e. The van der Waals surface area contributed by atoms with Gasteiger partial charge in [-0.1, -0.05) is 76.7 Å². The smallest absolute Gasteiger partial charge is 0.382 e. The molecule has 0 bridgehead atoms. The molecule has 11 nitrogen and oxygen atoms in total. The van der Waals surface area contributed by atoms with E-state index in [-0.39, 0.29) is 52.2 Å². The molecule has 39 heavy (non-hydrogen) atoms. The Morgan fingerprint density at radius 2 is 1.64 bits per heavy atom. The zero-order valence-electron chi connectivity index (χ0n) is 22.8. The van der Waals surface area contributed by atoms with E-state index in [1.54, 1.807) is 41.5 Å². The SMILES string of the molecule is CC(C)(C)C(=O)SCCOP(=O)(OCCSC(=O)C(C)(C)C)OC[C@@H]1O[C@H](n2cc(Cl)c(N)nc2=O)C[C@H]1F. The van der Waals surface area contributed by atoms with Gasteiger partial charge in [-0.15, -0.1) is 0 Å². The first kappa shape index (κ1) is 34.2. The molecule has 1 aliphatic heterocycles. The van der Waals surface area contributed by atoms with E-state index >= 15 is 0 Å². The maximum atomic E-state index is 14.8. The average molecular weight is 632 g/mol. The third-order valence-electron chi connectivity index (χ3n) is 5.16. The molecule has 1 aromatic heterocycles. The number of phosphoric ester groups is 1. The number of aromatic nitrogens is 2. The van der Waals surface area contributed by atoms with Crippen LogP contribution in [0.2, 0.25) is 5.02 Å². The highest BCUT2D eigenvalue weighted by molar-refractivity contribution is 8.14. The molecule has 0 saturated carbocycles. The van der Waals surface area contributed by atoms with Gasteiger partial charge in [-0.2, -0.15) is 4.98 Å². The van der Waals surface area contributed by atoms with Gasteiger partial charge in [0.2, 0.25) is 0 Å². The average Bonchev–Trinajstić information content (AvgIpc) is 3.19. The number of nitrogens with zero attached hydrogens (tertiary/aromatic N) is 2. The number of carbonyl (C=O) groups is 2. The second kappa shape index (κ2) is 14.3. The van der Waals surface area contributed by atoms with Crippen LogP contribution in [0.1, 0.15) is 54.2 Å². The zero-order valence-corrected chi connectivity index (χ0v) is 26.1. The number of nitrogen functional groups attached to an aromatic ring is 1. The van der Waals surface area contributed by atoms with Crippen LogP contribution in [-0.2, 0) is 32.5 Å². The monoisotopic (exact) mass is 631 g/mol. The van der Waals surface area contributed by atoms with E-state index in [9.17, 15) is 23.3 Å². The quantitative estimate of drug-likeness (QED) is 0.248. The van der Waals surface area contributed by atoms with Crippen LogP contribution < -0.4 is 11.4 Å². The molecule has 0 amide bonds. The first-order valence-corrected chi connectivity index (χ1v) is 16.0. The molecule has 2 rings (SSSR count). The van der Waals surface area contributed by atoms with Crippen molar-refractivity contribution in [1.82, 2.24) is 9.55 Å². The summed E-state index contributed by atoms with van der Waals surface area (Å²) < 4.78 is 50.9.